The van der Waals surface area contributed by atoms with E-state index < -0.39 is 0 Å². The summed E-state index contributed by atoms with van der Waals surface area (Å²) in [5.41, 5.74) is 3.85. The van der Waals surface area contributed by atoms with Gasteiger partial charge in [0.25, 0.3) is 0 Å². The molecule has 1 heteroatoms. The number of rotatable bonds is 3. The Morgan fingerprint density at radius 1 is 1.20 bits per heavy atom. The van der Waals surface area contributed by atoms with Gasteiger partial charge in [0, 0.05) is 5.33 Å². The molecule has 0 spiro atoms. The van der Waals surface area contributed by atoms with E-state index in [-0.39, 0.29) is 0 Å². The Hall–Kier alpha value is -0.300. The zero-order valence-corrected chi connectivity index (χ0v) is 15.1. The minimum atomic E-state index is 0.474. The van der Waals surface area contributed by atoms with Gasteiger partial charge in [0.05, 0.1) is 0 Å². The Morgan fingerprint density at radius 3 is 2.35 bits per heavy atom. The number of benzene rings is 1. The van der Waals surface area contributed by atoms with Crippen molar-refractivity contribution in [1.29, 1.82) is 0 Å². The van der Waals surface area contributed by atoms with Crippen LogP contribution >= 0.6 is 15.9 Å². The van der Waals surface area contributed by atoms with Gasteiger partial charge in [0.1, 0.15) is 0 Å². The smallest absolute Gasteiger partial charge is 0.00911 e. The van der Waals surface area contributed by atoms with E-state index in [1.807, 2.05) is 0 Å². The van der Waals surface area contributed by atoms with Crippen molar-refractivity contribution < 1.29 is 0 Å². The molecule has 112 valence electrons. The number of hydrogen-bond donors (Lipinski definition) is 0. The van der Waals surface area contributed by atoms with Crippen LogP contribution in [0.25, 0.3) is 0 Å². The Labute approximate surface area is 133 Å². The zero-order valence-electron chi connectivity index (χ0n) is 13.5. The second kappa shape index (κ2) is 6.22. The Balaban J connectivity index is 2.05. The highest BCUT2D eigenvalue weighted by molar-refractivity contribution is 9.09. The van der Waals surface area contributed by atoms with Gasteiger partial charge in [0.2, 0.25) is 0 Å². The number of alkyl halides is 1. The molecule has 1 aromatic rings. The molecule has 0 heterocycles. The molecule has 0 atom stereocenters. The summed E-state index contributed by atoms with van der Waals surface area (Å²) in [6, 6.07) is 9.06. The molecule has 0 nitrogen and oxygen atoms in total. The van der Waals surface area contributed by atoms with Crippen molar-refractivity contribution in [2.24, 2.45) is 16.7 Å². The third kappa shape index (κ3) is 3.87. The lowest BCUT2D eigenvalue weighted by Gasteiger charge is -2.43. The van der Waals surface area contributed by atoms with Crippen LogP contribution in [0.15, 0.2) is 24.3 Å². The first-order chi connectivity index (χ1) is 9.35. The molecule has 1 fully saturated rings. The topological polar surface area (TPSA) is 0 Å². The van der Waals surface area contributed by atoms with Gasteiger partial charge < -0.3 is 0 Å². The molecule has 0 bridgehead atoms. The molecule has 1 aliphatic rings. The van der Waals surface area contributed by atoms with Crippen molar-refractivity contribution >= 4 is 15.9 Å². The fraction of sp³-hybridized carbons (Fsp3) is 0.684. The van der Waals surface area contributed by atoms with Crippen molar-refractivity contribution in [2.45, 2.75) is 59.8 Å². The highest BCUT2D eigenvalue weighted by Gasteiger charge is 2.38. The molecule has 0 saturated heterocycles. The normalized spacial score (nSPS) is 27.6. The molecule has 0 unspecified atom stereocenters. The van der Waals surface area contributed by atoms with E-state index >= 15 is 0 Å². The summed E-state index contributed by atoms with van der Waals surface area (Å²) in [4.78, 5) is 0. The molecule has 20 heavy (non-hydrogen) atoms. The first kappa shape index (κ1) is 16.1. The van der Waals surface area contributed by atoms with Crippen molar-refractivity contribution in [3.63, 3.8) is 0 Å². The molecule has 1 aliphatic carbocycles. The average Bonchev–Trinajstić information content (AvgIpc) is 2.38. The summed E-state index contributed by atoms with van der Waals surface area (Å²) >= 11 is 3.81. The lowest BCUT2D eigenvalue weighted by Crippen LogP contribution is -2.35. The van der Waals surface area contributed by atoms with Crippen molar-refractivity contribution in [3.05, 3.63) is 35.4 Å². The van der Waals surface area contributed by atoms with Crippen LogP contribution in [0.4, 0.5) is 0 Å². The molecular weight excluding hydrogens is 308 g/mol. The second-order valence-electron chi connectivity index (χ2n) is 7.94. The quantitative estimate of drug-likeness (QED) is 0.580. The molecule has 1 saturated carbocycles. The van der Waals surface area contributed by atoms with Gasteiger partial charge in [-0.15, -0.1) is 0 Å². The van der Waals surface area contributed by atoms with E-state index in [4.69, 9.17) is 0 Å². The SMILES string of the molecule is Cc1cccc(CC2(CBr)CCC(C(C)(C)C)CC2)c1. The van der Waals surface area contributed by atoms with Gasteiger partial charge >= 0.3 is 0 Å². The molecule has 0 aromatic heterocycles. The van der Waals surface area contributed by atoms with Crippen LogP contribution in [0.5, 0.6) is 0 Å². The maximum atomic E-state index is 3.81. The van der Waals surface area contributed by atoms with E-state index in [0.717, 1.165) is 11.2 Å². The standard InChI is InChI=1S/C19H29Br/c1-15-6-5-7-16(12-15)13-19(14-20)10-8-17(9-11-19)18(2,3)4/h5-7,12,17H,8-11,13-14H2,1-4H3. The van der Waals surface area contributed by atoms with Crippen molar-refractivity contribution in [2.75, 3.05) is 5.33 Å². The van der Waals surface area contributed by atoms with E-state index in [1.54, 1.807) is 0 Å². The third-order valence-corrected chi connectivity index (χ3v) is 6.41. The van der Waals surface area contributed by atoms with E-state index in [9.17, 15) is 0 Å². The summed E-state index contributed by atoms with van der Waals surface area (Å²) in [6.45, 7) is 9.40. The molecular formula is C19H29Br. The number of hydrogen-bond acceptors (Lipinski definition) is 0. The maximum Gasteiger partial charge on any atom is 0.00911 e. The fourth-order valence-electron chi connectivity index (χ4n) is 3.71. The monoisotopic (exact) mass is 336 g/mol. The van der Waals surface area contributed by atoms with Crippen LogP contribution in [0.1, 0.15) is 57.6 Å². The molecule has 2 rings (SSSR count). The van der Waals surface area contributed by atoms with Crippen LogP contribution in [0.3, 0.4) is 0 Å². The maximum absolute atomic E-state index is 3.81. The van der Waals surface area contributed by atoms with Gasteiger partial charge in [-0.25, -0.2) is 0 Å². The predicted octanol–water partition coefficient (Wildman–Crippen LogP) is 6.16. The average molecular weight is 337 g/mol. The van der Waals surface area contributed by atoms with Gasteiger partial charge in [-0.3, -0.25) is 0 Å². The predicted molar refractivity (Wildman–Crippen MR) is 92.5 cm³/mol. The molecule has 0 N–H and O–H groups in total. The summed E-state index contributed by atoms with van der Waals surface area (Å²) in [5.74, 6) is 0.896. The van der Waals surface area contributed by atoms with Gasteiger partial charge in [-0.05, 0) is 61.3 Å². The molecule has 0 aliphatic heterocycles. The highest BCUT2D eigenvalue weighted by Crippen LogP contribution is 2.47. The molecule has 0 amide bonds. The number of halogens is 1. The summed E-state index contributed by atoms with van der Waals surface area (Å²) in [6.07, 6.45) is 6.75. The Morgan fingerprint density at radius 2 is 1.85 bits per heavy atom. The van der Waals surface area contributed by atoms with Crippen LogP contribution in [0, 0.1) is 23.7 Å². The van der Waals surface area contributed by atoms with E-state index in [0.29, 0.717) is 10.8 Å². The zero-order chi connectivity index (χ0) is 14.8. The van der Waals surface area contributed by atoms with Gasteiger partial charge in [-0.2, -0.15) is 0 Å². The van der Waals surface area contributed by atoms with Crippen LogP contribution in [-0.4, -0.2) is 5.33 Å². The first-order valence-corrected chi connectivity index (χ1v) is 9.08. The first-order valence-electron chi connectivity index (χ1n) is 7.96. The summed E-state index contributed by atoms with van der Waals surface area (Å²) in [7, 11) is 0. The fourth-order valence-corrected chi connectivity index (χ4v) is 4.47. The second-order valence-corrected chi connectivity index (χ2v) is 8.50. The lowest BCUT2D eigenvalue weighted by molar-refractivity contribution is 0.103. The van der Waals surface area contributed by atoms with Crippen LogP contribution in [0.2, 0.25) is 0 Å². The molecule has 0 radical (unpaired) electrons. The largest absolute Gasteiger partial charge is 0.0922 e. The van der Waals surface area contributed by atoms with Gasteiger partial charge in [-0.1, -0.05) is 66.5 Å². The Kier molecular flexibility index (Phi) is 5.00. The highest BCUT2D eigenvalue weighted by atomic mass is 79.9. The van der Waals surface area contributed by atoms with Crippen molar-refractivity contribution in [1.82, 2.24) is 0 Å². The number of aryl methyl sites for hydroxylation is 1. The van der Waals surface area contributed by atoms with E-state index in [2.05, 4.69) is 67.9 Å². The Bertz CT molecular complexity index is 433. The van der Waals surface area contributed by atoms with Crippen LogP contribution in [-0.2, 0) is 6.42 Å². The van der Waals surface area contributed by atoms with Crippen molar-refractivity contribution in [3.8, 4) is 0 Å². The summed E-state index contributed by atoms with van der Waals surface area (Å²) in [5, 5.41) is 1.14. The minimum absolute atomic E-state index is 0.474. The van der Waals surface area contributed by atoms with Gasteiger partial charge in [0.15, 0.2) is 0 Å². The van der Waals surface area contributed by atoms with Crippen LogP contribution < -0.4 is 0 Å². The summed E-state index contributed by atoms with van der Waals surface area (Å²) < 4.78 is 0. The molecule has 1 aromatic carbocycles. The minimum Gasteiger partial charge on any atom is -0.0922 e. The lowest BCUT2D eigenvalue weighted by atomic mass is 9.63. The third-order valence-electron chi connectivity index (χ3n) is 5.22. The van der Waals surface area contributed by atoms with E-state index in [1.165, 1.54) is 43.2 Å².